The molecule has 0 unspecified atom stereocenters. The first-order valence-electron chi connectivity index (χ1n) is 8.45. The molecule has 2 amide bonds. The number of hydrogen-bond donors (Lipinski definition) is 1. The summed E-state index contributed by atoms with van der Waals surface area (Å²) < 4.78 is 13.0. The molecular formula is C19H18FN3O4. The van der Waals surface area contributed by atoms with Crippen molar-refractivity contribution in [3.63, 3.8) is 0 Å². The highest BCUT2D eigenvalue weighted by atomic mass is 19.1. The summed E-state index contributed by atoms with van der Waals surface area (Å²) in [5.74, 6) is -0.969. The minimum absolute atomic E-state index is 0.0904. The Kier molecular flexibility index (Phi) is 5.16. The Bertz CT molecular complexity index is 898. The van der Waals surface area contributed by atoms with Crippen LogP contribution in [-0.4, -0.2) is 29.8 Å². The van der Waals surface area contributed by atoms with Gasteiger partial charge in [0.1, 0.15) is 5.82 Å². The van der Waals surface area contributed by atoms with Gasteiger partial charge in [-0.3, -0.25) is 19.7 Å². The van der Waals surface area contributed by atoms with E-state index in [2.05, 4.69) is 5.32 Å². The van der Waals surface area contributed by atoms with Gasteiger partial charge < -0.3 is 10.2 Å². The number of benzene rings is 2. The van der Waals surface area contributed by atoms with Crippen molar-refractivity contribution >= 4 is 23.2 Å². The predicted molar refractivity (Wildman–Crippen MR) is 97.0 cm³/mol. The quantitative estimate of drug-likeness (QED) is 0.646. The van der Waals surface area contributed by atoms with Crippen LogP contribution >= 0.6 is 0 Å². The standard InChI is InChI=1S/C19H18FN3O4/c1-12-16(3-2-4-17(12)23(26)27)19(25)21-10-13-9-18(24)22(11-13)15-7-5-14(20)6-8-15/h2-8,13H,9-11H2,1H3,(H,21,25)/t13-/m1/s1. The molecule has 8 heteroatoms. The first kappa shape index (κ1) is 18.5. The first-order valence-corrected chi connectivity index (χ1v) is 8.45. The molecule has 1 saturated heterocycles. The van der Waals surface area contributed by atoms with Crippen molar-refractivity contribution in [3.8, 4) is 0 Å². The maximum Gasteiger partial charge on any atom is 0.273 e. The van der Waals surface area contributed by atoms with Crippen molar-refractivity contribution in [2.24, 2.45) is 5.92 Å². The van der Waals surface area contributed by atoms with E-state index in [4.69, 9.17) is 0 Å². The van der Waals surface area contributed by atoms with Crippen molar-refractivity contribution in [3.05, 3.63) is 69.5 Å². The van der Waals surface area contributed by atoms with E-state index in [9.17, 15) is 24.1 Å². The van der Waals surface area contributed by atoms with Crippen LogP contribution in [0.5, 0.6) is 0 Å². The molecule has 0 saturated carbocycles. The lowest BCUT2D eigenvalue weighted by Crippen LogP contribution is -2.31. The number of nitrogens with one attached hydrogen (secondary N) is 1. The highest BCUT2D eigenvalue weighted by Crippen LogP contribution is 2.25. The second kappa shape index (κ2) is 7.53. The van der Waals surface area contributed by atoms with E-state index in [0.717, 1.165) is 0 Å². The van der Waals surface area contributed by atoms with Gasteiger partial charge in [0.05, 0.1) is 4.92 Å². The highest BCUT2D eigenvalue weighted by Gasteiger charge is 2.31. The number of hydrogen-bond acceptors (Lipinski definition) is 4. The van der Waals surface area contributed by atoms with E-state index in [-0.39, 0.29) is 41.9 Å². The molecule has 1 N–H and O–H groups in total. The smallest absolute Gasteiger partial charge is 0.273 e. The van der Waals surface area contributed by atoms with Crippen LogP contribution in [0, 0.1) is 28.8 Å². The lowest BCUT2D eigenvalue weighted by atomic mass is 10.1. The number of halogens is 1. The molecule has 140 valence electrons. The number of nitro groups is 1. The van der Waals surface area contributed by atoms with Gasteiger partial charge >= 0.3 is 0 Å². The van der Waals surface area contributed by atoms with Gasteiger partial charge in [-0.15, -0.1) is 0 Å². The molecule has 0 bridgehead atoms. The summed E-state index contributed by atoms with van der Waals surface area (Å²) in [5.41, 5.74) is 1.05. The Morgan fingerprint density at radius 2 is 2.00 bits per heavy atom. The molecule has 3 rings (SSSR count). The van der Waals surface area contributed by atoms with Gasteiger partial charge in [0.2, 0.25) is 5.91 Å². The third-order valence-electron chi connectivity index (χ3n) is 4.64. The number of carbonyl (C=O) groups excluding carboxylic acids is 2. The molecule has 1 aliphatic rings. The minimum atomic E-state index is -0.525. The monoisotopic (exact) mass is 371 g/mol. The van der Waals surface area contributed by atoms with Gasteiger partial charge in [-0.05, 0) is 37.3 Å². The average molecular weight is 371 g/mol. The molecule has 7 nitrogen and oxygen atoms in total. The zero-order valence-corrected chi connectivity index (χ0v) is 14.6. The lowest BCUT2D eigenvalue weighted by molar-refractivity contribution is -0.385. The number of nitro benzene ring substituents is 1. The zero-order chi connectivity index (χ0) is 19.6. The van der Waals surface area contributed by atoms with E-state index in [1.54, 1.807) is 17.0 Å². The molecular weight excluding hydrogens is 353 g/mol. The molecule has 2 aromatic rings. The van der Waals surface area contributed by atoms with Crippen LogP contribution in [0.3, 0.4) is 0 Å². The van der Waals surface area contributed by atoms with Crippen molar-refractivity contribution in [2.45, 2.75) is 13.3 Å². The SMILES string of the molecule is Cc1c(C(=O)NC[C@H]2CC(=O)N(c3ccc(F)cc3)C2)cccc1[N+](=O)[O-]. The van der Waals surface area contributed by atoms with E-state index in [0.29, 0.717) is 17.8 Å². The minimum Gasteiger partial charge on any atom is -0.352 e. The molecule has 0 aliphatic carbocycles. The van der Waals surface area contributed by atoms with Gasteiger partial charge in [0.15, 0.2) is 0 Å². The third-order valence-corrected chi connectivity index (χ3v) is 4.64. The van der Waals surface area contributed by atoms with Crippen LogP contribution in [0.4, 0.5) is 15.8 Å². The number of nitrogens with zero attached hydrogens (tertiary/aromatic N) is 2. The molecule has 1 heterocycles. The highest BCUT2D eigenvalue weighted by molar-refractivity contribution is 5.97. The first-order chi connectivity index (χ1) is 12.9. The van der Waals surface area contributed by atoms with Crippen molar-refractivity contribution in [2.75, 3.05) is 18.0 Å². The van der Waals surface area contributed by atoms with Crippen LogP contribution in [0.15, 0.2) is 42.5 Å². The van der Waals surface area contributed by atoms with Gasteiger partial charge in [-0.25, -0.2) is 4.39 Å². The van der Waals surface area contributed by atoms with Gasteiger partial charge in [0, 0.05) is 48.3 Å². The molecule has 1 aliphatic heterocycles. The summed E-state index contributed by atoms with van der Waals surface area (Å²) in [6, 6.07) is 10.0. The van der Waals surface area contributed by atoms with Gasteiger partial charge in [-0.2, -0.15) is 0 Å². The topological polar surface area (TPSA) is 92.6 Å². The van der Waals surface area contributed by atoms with E-state index in [1.165, 1.54) is 37.3 Å². The van der Waals surface area contributed by atoms with Crippen molar-refractivity contribution < 1.29 is 18.9 Å². The third kappa shape index (κ3) is 3.94. The Morgan fingerprint density at radius 1 is 1.30 bits per heavy atom. The predicted octanol–water partition coefficient (Wildman–Crippen LogP) is 2.83. The Hall–Kier alpha value is -3.29. The van der Waals surface area contributed by atoms with Crippen molar-refractivity contribution in [1.82, 2.24) is 5.32 Å². The van der Waals surface area contributed by atoms with E-state index < -0.39 is 10.8 Å². The number of anilines is 1. The number of amides is 2. The lowest BCUT2D eigenvalue weighted by Gasteiger charge is -2.17. The molecule has 0 aromatic heterocycles. The number of carbonyl (C=O) groups is 2. The average Bonchev–Trinajstić information content (AvgIpc) is 3.01. The molecule has 1 atom stereocenters. The van der Waals surface area contributed by atoms with Crippen molar-refractivity contribution in [1.29, 1.82) is 0 Å². The summed E-state index contributed by atoms with van der Waals surface area (Å²) in [5, 5.41) is 13.7. The fourth-order valence-corrected chi connectivity index (χ4v) is 3.19. The fourth-order valence-electron chi connectivity index (χ4n) is 3.19. The number of rotatable bonds is 5. The fraction of sp³-hybridized carbons (Fsp3) is 0.263. The Balaban J connectivity index is 1.63. The van der Waals surface area contributed by atoms with E-state index >= 15 is 0 Å². The maximum absolute atomic E-state index is 13.0. The second-order valence-electron chi connectivity index (χ2n) is 6.47. The normalized spacial score (nSPS) is 16.4. The summed E-state index contributed by atoms with van der Waals surface area (Å²) in [4.78, 5) is 36.6. The Morgan fingerprint density at radius 3 is 2.67 bits per heavy atom. The van der Waals surface area contributed by atoms with E-state index in [1.807, 2.05) is 0 Å². The largest absolute Gasteiger partial charge is 0.352 e. The van der Waals surface area contributed by atoms with Crippen LogP contribution in [0.1, 0.15) is 22.3 Å². The van der Waals surface area contributed by atoms with Crippen LogP contribution in [0.25, 0.3) is 0 Å². The van der Waals surface area contributed by atoms with Crippen LogP contribution in [0.2, 0.25) is 0 Å². The molecule has 0 radical (unpaired) electrons. The zero-order valence-electron chi connectivity index (χ0n) is 14.6. The summed E-state index contributed by atoms with van der Waals surface area (Å²) in [6.07, 6.45) is 0.269. The molecule has 2 aromatic carbocycles. The summed E-state index contributed by atoms with van der Waals surface area (Å²) in [7, 11) is 0. The van der Waals surface area contributed by atoms with Gasteiger partial charge in [0.25, 0.3) is 11.6 Å². The van der Waals surface area contributed by atoms with Gasteiger partial charge in [-0.1, -0.05) is 6.07 Å². The molecule has 1 fully saturated rings. The molecule has 27 heavy (non-hydrogen) atoms. The Labute approximate surface area is 154 Å². The van der Waals surface area contributed by atoms with Crippen LogP contribution < -0.4 is 10.2 Å². The summed E-state index contributed by atoms with van der Waals surface area (Å²) >= 11 is 0. The maximum atomic E-state index is 13.0. The molecule has 0 spiro atoms. The van der Waals surface area contributed by atoms with Crippen LogP contribution in [-0.2, 0) is 4.79 Å². The second-order valence-corrected chi connectivity index (χ2v) is 6.47. The summed E-state index contributed by atoms with van der Waals surface area (Å²) in [6.45, 7) is 2.21.